The number of carboxylic acids is 1. The van der Waals surface area contributed by atoms with Crippen LogP contribution in [0.3, 0.4) is 0 Å². The molecule has 21 heavy (non-hydrogen) atoms. The van der Waals surface area contributed by atoms with Crippen LogP contribution in [0.1, 0.15) is 22.0 Å². The van der Waals surface area contributed by atoms with Gasteiger partial charge in [0.2, 0.25) is 5.91 Å². The molecule has 1 unspecified atom stereocenters. The molecule has 7 nitrogen and oxygen atoms in total. The third-order valence-electron chi connectivity index (χ3n) is 3.18. The molecule has 0 aliphatic rings. The van der Waals surface area contributed by atoms with Gasteiger partial charge in [-0.15, -0.1) is 0 Å². The number of carboxylic acid groups (broad SMARTS) is 1. The Morgan fingerprint density at radius 2 is 2.05 bits per heavy atom. The maximum Gasteiger partial charge on any atom is 0.337 e. The number of aromatic nitrogens is 2. The van der Waals surface area contributed by atoms with Gasteiger partial charge in [0.1, 0.15) is 6.04 Å². The van der Waals surface area contributed by atoms with Crippen molar-refractivity contribution >= 4 is 17.6 Å². The fraction of sp³-hybridized carbons (Fsp3) is 0.214. The van der Waals surface area contributed by atoms with Crippen LogP contribution in [0.4, 0.5) is 5.69 Å². The fourth-order valence-electron chi connectivity index (χ4n) is 2.02. The Morgan fingerprint density at radius 3 is 2.62 bits per heavy atom. The number of hydrogen-bond acceptors (Lipinski definition) is 4. The number of benzene rings is 1. The molecular formula is C14H16N4O3. The summed E-state index contributed by atoms with van der Waals surface area (Å²) >= 11 is 0. The number of rotatable bonds is 4. The van der Waals surface area contributed by atoms with Gasteiger partial charge >= 0.3 is 5.97 Å². The Labute approximate surface area is 121 Å². The van der Waals surface area contributed by atoms with Gasteiger partial charge in [-0.25, -0.2) is 4.79 Å². The van der Waals surface area contributed by atoms with Gasteiger partial charge in [0, 0.05) is 25.9 Å². The van der Waals surface area contributed by atoms with Crippen molar-refractivity contribution in [1.82, 2.24) is 9.78 Å². The molecule has 0 radical (unpaired) electrons. The van der Waals surface area contributed by atoms with E-state index in [0.717, 1.165) is 0 Å². The standard InChI is InChI=1S/C14H16N4O3/c1-17-8-9(7-16-17)12(15)13(19)18(2)11-6-4-3-5-10(11)14(20)21/h3-8,12H,15H2,1-2H3,(H,20,21). The Morgan fingerprint density at radius 1 is 1.38 bits per heavy atom. The maximum absolute atomic E-state index is 12.4. The molecular weight excluding hydrogens is 272 g/mol. The molecule has 1 amide bonds. The largest absolute Gasteiger partial charge is 0.478 e. The van der Waals surface area contributed by atoms with Crippen molar-refractivity contribution in [3.8, 4) is 0 Å². The first kappa shape index (κ1) is 14.7. The van der Waals surface area contributed by atoms with Crippen LogP contribution in [0.25, 0.3) is 0 Å². The Hall–Kier alpha value is -2.67. The van der Waals surface area contributed by atoms with Gasteiger partial charge in [-0.05, 0) is 12.1 Å². The highest BCUT2D eigenvalue weighted by Crippen LogP contribution is 2.22. The van der Waals surface area contributed by atoms with E-state index in [1.807, 2.05) is 0 Å². The lowest BCUT2D eigenvalue weighted by Gasteiger charge is -2.22. The van der Waals surface area contributed by atoms with Crippen molar-refractivity contribution in [1.29, 1.82) is 0 Å². The van der Waals surface area contributed by atoms with Gasteiger partial charge in [-0.2, -0.15) is 5.10 Å². The monoisotopic (exact) mass is 288 g/mol. The third-order valence-corrected chi connectivity index (χ3v) is 3.18. The van der Waals surface area contributed by atoms with Gasteiger partial charge in [-0.1, -0.05) is 12.1 Å². The topological polar surface area (TPSA) is 101 Å². The van der Waals surface area contributed by atoms with Crippen LogP contribution in [0.5, 0.6) is 0 Å². The molecule has 0 saturated heterocycles. The minimum Gasteiger partial charge on any atom is -0.478 e. The van der Waals surface area contributed by atoms with Crippen LogP contribution >= 0.6 is 0 Å². The summed E-state index contributed by atoms with van der Waals surface area (Å²) in [5.74, 6) is -1.50. The van der Waals surface area contributed by atoms with Crippen molar-refractivity contribution in [2.45, 2.75) is 6.04 Å². The number of para-hydroxylation sites is 1. The molecule has 0 fully saturated rings. The zero-order chi connectivity index (χ0) is 15.6. The lowest BCUT2D eigenvalue weighted by atomic mass is 10.1. The number of carbonyl (C=O) groups excluding carboxylic acids is 1. The second-order valence-corrected chi connectivity index (χ2v) is 4.64. The summed E-state index contributed by atoms with van der Waals surface area (Å²) in [6.07, 6.45) is 3.17. The van der Waals surface area contributed by atoms with Crippen LogP contribution in [-0.2, 0) is 11.8 Å². The first-order valence-electron chi connectivity index (χ1n) is 6.26. The van der Waals surface area contributed by atoms with Crippen molar-refractivity contribution in [2.24, 2.45) is 12.8 Å². The normalized spacial score (nSPS) is 12.0. The summed E-state index contributed by atoms with van der Waals surface area (Å²) in [6.45, 7) is 0. The Balaban J connectivity index is 2.29. The van der Waals surface area contributed by atoms with Crippen molar-refractivity contribution in [2.75, 3.05) is 11.9 Å². The van der Waals surface area contributed by atoms with E-state index in [-0.39, 0.29) is 5.56 Å². The number of amides is 1. The van der Waals surface area contributed by atoms with Gasteiger partial charge < -0.3 is 15.7 Å². The quantitative estimate of drug-likeness (QED) is 0.865. The van der Waals surface area contributed by atoms with E-state index in [4.69, 9.17) is 5.73 Å². The molecule has 3 N–H and O–H groups in total. The van der Waals surface area contributed by atoms with E-state index >= 15 is 0 Å². The predicted octanol–water partition coefficient (Wildman–Crippen LogP) is 0.781. The third kappa shape index (κ3) is 2.92. The molecule has 0 bridgehead atoms. The van der Waals surface area contributed by atoms with Crippen molar-refractivity contribution in [3.05, 3.63) is 47.8 Å². The minimum atomic E-state index is -1.10. The molecule has 2 aromatic rings. The summed E-state index contributed by atoms with van der Waals surface area (Å²) in [4.78, 5) is 24.9. The number of nitrogens with zero attached hydrogens (tertiary/aromatic N) is 3. The van der Waals surface area contributed by atoms with Crippen molar-refractivity contribution in [3.63, 3.8) is 0 Å². The van der Waals surface area contributed by atoms with E-state index in [2.05, 4.69) is 5.10 Å². The average molecular weight is 288 g/mol. The van der Waals surface area contributed by atoms with E-state index in [0.29, 0.717) is 11.3 Å². The highest BCUT2D eigenvalue weighted by atomic mass is 16.4. The number of anilines is 1. The Bertz CT molecular complexity index is 680. The lowest BCUT2D eigenvalue weighted by molar-refractivity contribution is -0.119. The zero-order valence-corrected chi connectivity index (χ0v) is 11.7. The lowest BCUT2D eigenvalue weighted by Crippen LogP contribution is -2.36. The molecule has 1 aromatic heterocycles. The first-order valence-corrected chi connectivity index (χ1v) is 6.26. The molecule has 1 atom stereocenters. The van der Waals surface area contributed by atoms with E-state index in [1.54, 1.807) is 36.1 Å². The molecule has 2 rings (SSSR count). The maximum atomic E-state index is 12.4. The van der Waals surface area contributed by atoms with Crippen LogP contribution < -0.4 is 10.6 Å². The predicted molar refractivity (Wildman–Crippen MR) is 76.9 cm³/mol. The molecule has 1 aromatic carbocycles. The molecule has 1 heterocycles. The number of hydrogen-bond donors (Lipinski definition) is 2. The van der Waals surface area contributed by atoms with Crippen LogP contribution in [0.2, 0.25) is 0 Å². The zero-order valence-electron chi connectivity index (χ0n) is 11.7. The molecule has 0 aliphatic heterocycles. The summed E-state index contributed by atoms with van der Waals surface area (Å²) in [7, 11) is 3.23. The molecule has 0 spiro atoms. The van der Waals surface area contributed by atoms with Gasteiger partial charge in [0.25, 0.3) is 0 Å². The second kappa shape index (κ2) is 5.76. The molecule has 0 aliphatic carbocycles. The average Bonchev–Trinajstić information content (AvgIpc) is 2.91. The van der Waals surface area contributed by atoms with E-state index in [1.165, 1.54) is 24.2 Å². The first-order chi connectivity index (χ1) is 9.91. The number of nitrogens with two attached hydrogens (primary N) is 1. The number of likely N-dealkylation sites (N-methyl/N-ethyl adjacent to an activating group) is 1. The fourth-order valence-corrected chi connectivity index (χ4v) is 2.02. The SMILES string of the molecule is CN(C(=O)C(N)c1cnn(C)c1)c1ccccc1C(=O)O. The van der Waals surface area contributed by atoms with Gasteiger partial charge in [0.05, 0.1) is 17.4 Å². The molecule has 0 saturated carbocycles. The molecule has 7 heteroatoms. The van der Waals surface area contributed by atoms with Crippen LogP contribution in [-0.4, -0.2) is 33.8 Å². The summed E-state index contributed by atoms with van der Waals surface area (Å²) in [6, 6.07) is 5.38. The summed E-state index contributed by atoms with van der Waals surface area (Å²) in [5, 5.41) is 13.1. The van der Waals surface area contributed by atoms with Crippen LogP contribution in [0, 0.1) is 0 Å². The smallest absolute Gasteiger partial charge is 0.337 e. The summed E-state index contributed by atoms with van der Waals surface area (Å²) < 4.78 is 1.55. The van der Waals surface area contributed by atoms with Crippen LogP contribution in [0.15, 0.2) is 36.7 Å². The van der Waals surface area contributed by atoms with E-state index in [9.17, 15) is 14.7 Å². The second-order valence-electron chi connectivity index (χ2n) is 4.64. The highest BCUT2D eigenvalue weighted by molar-refractivity contribution is 6.03. The van der Waals surface area contributed by atoms with Crippen molar-refractivity contribution < 1.29 is 14.7 Å². The summed E-state index contributed by atoms with van der Waals surface area (Å²) in [5.41, 5.74) is 6.84. The highest BCUT2D eigenvalue weighted by Gasteiger charge is 2.24. The minimum absolute atomic E-state index is 0.0479. The number of aromatic carboxylic acids is 1. The Kier molecular flexibility index (Phi) is 4.04. The van der Waals surface area contributed by atoms with Gasteiger partial charge in [-0.3, -0.25) is 9.48 Å². The molecule has 110 valence electrons. The van der Waals surface area contributed by atoms with Gasteiger partial charge in [0.15, 0.2) is 0 Å². The van der Waals surface area contributed by atoms with E-state index < -0.39 is 17.9 Å². The number of carbonyl (C=O) groups is 2. The number of aryl methyl sites for hydroxylation is 1.